The Balaban J connectivity index is 2.01. The van der Waals surface area contributed by atoms with Crippen LogP contribution in [0.3, 0.4) is 0 Å². The van der Waals surface area contributed by atoms with Crippen LogP contribution in [0.15, 0.2) is 18.2 Å². The Hall–Kier alpha value is -1.26. The molecule has 0 saturated carbocycles. The molecule has 1 fully saturated rings. The number of nitrogens with zero attached hydrogens (tertiary/aromatic N) is 1. The molecule has 18 heavy (non-hydrogen) atoms. The summed E-state index contributed by atoms with van der Waals surface area (Å²) >= 11 is 5.87. The highest BCUT2D eigenvalue weighted by Crippen LogP contribution is 2.23. The number of ether oxygens (including phenoxy) is 1. The molecule has 98 valence electrons. The fourth-order valence-electron chi connectivity index (χ4n) is 1.81. The summed E-state index contributed by atoms with van der Waals surface area (Å²) in [7, 11) is 0. The number of aryl methyl sites for hydroxylation is 1. The molecule has 1 heterocycles. The molecular weight excluding hydrogens is 254 g/mol. The van der Waals surface area contributed by atoms with Crippen molar-refractivity contribution in [2.45, 2.75) is 26.4 Å². The Bertz CT molecular complexity index is 444. The minimum absolute atomic E-state index is 0.151. The summed E-state index contributed by atoms with van der Waals surface area (Å²) in [4.78, 5) is 17.2. The fraction of sp³-hybridized carbons (Fsp3) is 0.462. The lowest BCUT2D eigenvalue weighted by Gasteiger charge is -2.20. The first kappa shape index (κ1) is 13.2. The van der Waals surface area contributed by atoms with Gasteiger partial charge in [-0.15, -0.1) is 0 Å². The lowest BCUT2D eigenvalue weighted by molar-refractivity contribution is -0.175. The molecule has 1 aliphatic rings. The molecule has 1 aliphatic heterocycles. The average molecular weight is 270 g/mol. The van der Waals surface area contributed by atoms with Gasteiger partial charge in [-0.1, -0.05) is 11.6 Å². The number of hydrogen-bond donors (Lipinski definition) is 0. The second kappa shape index (κ2) is 5.59. The lowest BCUT2D eigenvalue weighted by atomic mass is 10.2. The van der Waals surface area contributed by atoms with Crippen molar-refractivity contribution in [3.63, 3.8) is 0 Å². The second-order valence-electron chi connectivity index (χ2n) is 4.30. The van der Waals surface area contributed by atoms with Crippen molar-refractivity contribution in [2.75, 3.05) is 13.2 Å². The van der Waals surface area contributed by atoms with Gasteiger partial charge in [-0.3, -0.25) is 9.63 Å². The quantitative estimate of drug-likeness (QED) is 0.847. The molecule has 1 unspecified atom stereocenters. The summed E-state index contributed by atoms with van der Waals surface area (Å²) in [5.41, 5.74) is 0.907. The number of carbonyl (C=O) groups is 1. The van der Waals surface area contributed by atoms with Crippen molar-refractivity contribution < 1.29 is 14.4 Å². The number of hydrogen-bond acceptors (Lipinski definition) is 3. The third kappa shape index (κ3) is 2.94. The number of hydroxylamine groups is 2. The topological polar surface area (TPSA) is 38.8 Å². The maximum atomic E-state index is 12.0. The number of halogens is 1. The Labute approximate surface area is 111 Å². The maximum Gasteiger partial charge on any atom is 0.286 e. The highest BCUT2D eigenvalue weighted by Gasteiger charge is 2.26. The Morgan fingerprint density at radius 3 is 2.94 bits per heavy atom. The molecule has 0 spiro atoms. The van der Waals surface area contributed by atoms with Crippen LogP contribution >= 0.6 is 11.6 Å². The largest absolute Gasteiger partial charge is 0.481 e. The molecule has 1 aromatic rings. The van der Waals surface area contributed by atoms with E-state index in [1.807, 2.05) is 6.92 Å². The van der Waals surface area contributed by atoms with Crippen molar-refractivity contribution in [3.05, 3.63) is 28.8 Å². The summed E-state index contributed by atoms with van der Waals surface area (Å²) in [6.45, 7) is 4.84. The monoisotopic (exact) mass is 269 g/mol. The SMILES string of the molecule is Cc1cc(Cl)ccc1OC(C)C(=O)N1CCCO1. The van der Waals surface area contributed by atoms with Crippen LogP contribution < -0.4 is 4.74 Å². The van der Waals surface area contributed by atoms with Gasteiger partial charge in [0.05, 0.1) is 13.2 Å². The number of carbonyl (C=O) groups excluding carboxylic acids is 1. The summed E-state index contributed by atoms with van der Waals surface area (Å²) in [6, 6.07) is 5.32. The summed E-state index contributed by atoms with van der Waals surface area (Å²) in [5.74, 6) is 0.515. The van der Waals surface area contributed by atoms with Crippen LogP contribution in [0.5, 0.6) is 5.75 Å². The highest BCUT2D eigenvalue weighted by atomic mass is 35.5. The predicted octanol–water partition coefficient (Wildman–Crippen LogP) is 2.58. The Morgan fingerprint density at radius 1 is 1.56 bits per heavy atom. The van der Waals surface area contributed by atoms with E-state index < -0.39 is 6.10 Å². The molecule has 2 rings (SSSR count). The number of rotatable bonds is 3. The van der Waals surface area contributed by atoms with Crippen molar-refractivity contribution >= 4 is 17.5 Å². The van der Waals surface area contributed by atoms with Crippen LogP contribution in [0.2, 0.25) is 5.02 Å². The van der Waals surface area contributed by atoms with Gasteiger partial charge in [0.15, 0.2) is 6.10 Å². The van der Waals surface area contributed by atoms with Gasteiger partial charge in [0.2, 0.25) is 0 Å². The van der Waals surface area contributed by atoms with Gasteiger partial charge in [-0.25, -0.2) is 5.06 Å². The molecule has 0 aromatic heterocycles. The molecule has 1 atom stereocenters. The third-order valence-corrected chi connectivity index (χ3v) is 3.02. The normalized spacial score (nSPS) is 16.7. The van der Waals surface area contributed by atoms with Crippen molar-refractivity contribution in [1.29, 1.82) is 0 Å². The van der Waals surface area contributed by atoms with E-state index in [1.165, 1.54) is 5.06 Å². The van der Waals surface area contributed by atoms with Gasteiger partial charge in [0.25, 0.3) is 5.91 Å². The van der Waals surface area contributed by atoms with Gasteiger partial charge < -0.3 is 4.74 Å². The van der Waals surface area contributed by atoms with E-state index >= 15 is 0 Å². The van der Waals surface area contributed by atoms with E-state index in [2.05, 4.69) is 0 Å². The van der Waals surface area contributed by atoms with E-state index in [0.29, 0.717) is 23.9 Å². The summed E-state index contributed by atoms with van der Waals surface area (Å²) in [5, 5.41) is 2.03. The summed E-state index contributed by atoms with van der Waals surface area (Å²) in [6.07, 6.45) is 0.307. The van der Waals surface area contributed by atoms with Gasteiger partial charge in [-0.05, 0) is 44.0 Å². The van der Waals surface area contributed by atoms with Crippen LogP contribution in [-0.2, 0) is 9.63 Å². The summed E-state index contributed by atoms with van der Waals surface area (Å²) < 4.78 is 5.64. The molecule has 1 saturated heterocycles. The molecule has 0 N–H and O–H groups in total. The molecule has 0 aliphatic carbocycles. The average Bonchev–Trinajstić information content (AvgIpc) is 2.85. The van der Waals surface area contributed by atoms with Crippen molar-refractivity contribution in [3.8, 4) is 5.75 Å². The van der Waals surface area contributed by atoms with Gasteiger partial charge in [0, 0.05) is 5.02 Å². The fourth-order valence-corrected chi connectivity index (χ4v) is 2.04. The molecule has 5 heteroatoms. The van der Waals surface area contributed by atoms with Crippen LogP contribution in [0.25, 0.3) is 0 Å². The Kier molecular flexibility index (Phi) is 4.09. The molecule has 0 radical (unpaired) electrons. The number of benzene rings is 1. The van der Waals surface area contributed by atoms with E-state index in [4.69, 9.17) is 21.2 Å². The molecule has 0 bridgehead atoms. The van der Waals surface area contributed by atoms with Crippen molar-refractivity contribution in [1.82, 2.24) is 5.06 Å². The first-order valence-corrected chi connectivity index (χ1v) is 6.33. The van der Waals surface area contributed by atoms with Crippen LogP contribution in [0.1, 0.15) is 18.9 Å². The predicted molar refractivity (Wildman–Crippen MR) is 68.6 cm³/mol. The standard InChI is InChI=1S/C13H16ClNO3/c1-9-8-11(14)4-5-12(9)18-10(2)13(16)15-6-3-7-17-15/h4-5,8,10H,3,6-7H2,1-2H3. The van der Waals surface area contributed by atoms with Crippen LogP contribution in [-0.4, -0.2) is 30.2 Å². The van der Waals surface area contributed by atoms with Crippen LogP contribution in [0.4, 0.5) is 0 Å². The zero-order chi connectivity index (χ0) is 13.1. The molecular formula is C13H16ClNO3. The van der Waals surface area contributed by atoms with Crippen LogP contribution in [0, 0.1) is 6.92 Å². The van der Waals surface area contributed by atoms with Gasteiger partial charge in [-0.2, -0.15) is 0 Å². The zero-order valence-electron chi connectivity index (χ0n) is 10.5. The van der Waals surface area contributed by atoms with E-state index in [0.717, 1.165) is 12.0 Å². The molecule has 1 aromatic carbocycles. The zero-order valence-corrected chi connectivity index (χ0v) is 11.2. The Morgan fingerprint density at radius 2 is 2.33 bits per heavy atom. The first-order chi connectivity index (χ1) is 8.58. The lowest BCUT2D eigenvalue weighted by Crippen LogP contribution is -2.38. The minimum Gasteiger partial charge on any atom is -0.481 e. The van der Waals surface area contributed by atoms with Gasteiger partial charge in [0.1, 0.15) is 5.75 Å². The van der Waals surface area contributed by atoms with Crippen molar-refractivity contribution in [2.24, 2.45) is 0 Å². The van der Waals surface area contributed by atoms with E-state index in [-0.39, 0.29) is 5.91 Å². The smallest absolute Gasteiger partial charge is 0.286 e. The minimum atomic E-state index is -0.567. The first-order valence-electron chi connectivity index (χ1n) is 5.95. The highest BCUT2D eigenvalue weighted by molar-refractivity contribution is 6.30. The number of amides is 1. The molecule has 1 amide bonds. The van der Waals surface area contributed by atoms with E-state index in [9.17, 15) is 4.79 Å². The molecule has 4 nitrogen and oxygen atoms in total. The third-order valence-electron chi connectivity index (χ3n) is 2.79. The second-order valence-corrected chi connectivity index (χ2v) is 4.73. The van der Waals surface area contributed by atoms with E-state index in [1.54, 1.807) is 25.1 Å². The maximum absolute atomic E-state index is 12.0. The van der Waals surface area contributed by atoms with Gasteiger partial charge >= 0.3 is 0 Å².